The summed E-state index contributed by atoms with van der Waals surface area (Å²) in [5.41, 5.74) is 2.22. The van der Waals surface area contributed by atoms with Crippen molar-refractivity contribution in [3.8, 4) is 0 Å². The van der Waals surface area contributed by atoms with Crippen LogP contribution in [0.1, 0.15) is 40.9 Å². The molecule has 1 atom stereocenters. The zero-order valence-electron chi connectivity index (χ0n) is 14.9. The number of hydrogen-bond acceptors (Lipinski definition) is 3. The molecule has 1 saturated heterocycles. The lowest BCUT2D eigenvalue weighted by atomic mass is 9.94. The Kier molecular flexibility index (Phi) is 4.23. The van der Waals surface area contributed by atoms with Gasteiger partial charge in [-0.05, 0) is 43.9 Å². The molecular weight excluding hydrogens is 326 g/mol. The van der Waals surface area contributed by atoms with Gasteiger partial charge in [-0.15, -0.1) is 0 Å². The highest BCUT2D eigenvalue weighted by Crippen LogP contribution is 2.48. The van der Waals surface area contributed by atoms with Crippen molar-refractivity contribution in [1.29, 1.82) is 0 Å². The van der Waals surface area contributed by atoms with Crippen LogP contribution in [0, 0.1) is 6.92 Å². The van der Waals surface area contributed by atoms with E-state index in [-0.39, 0.29) is 23.3 Å². The van der Waals surface area contributed by atoms with Crippen LogP contribution in [0.5, 0.6) is 0 Å². The molecule has 26 heavy (non-hydrogen) atoms. The van der Waals surface area contributed by atoms with E-state index in [0.717, 1.165) is 30.5 Å². The van der Waals surface area contributed by atoms with Gasteiger partial charge in [-0.3, -0.25) is 14.6 Å². The Morgan fingerprint density at radius 3 is 2.58 bits per heavy atom. The lowest BCUT2D eigenvalue weighted by molar-refractivity contribution is -0.124. The molecule has 1 aliphatic carbocycles. The molecule has 4 rings (SSSR count). The van der Waals surface area contributed by atoms with E-state index in [4.69, 9.17) is 0 Å². The van der Waals surface area contributed by atoms with E-state index in [0.29, 0.717) is 18.7 Å². The fourth-order valence-corrected chi connectivity index (χ4v) is 3.69. The number of aryl methyl sites for hydroxylation is 1. The van der Waals surface area contributed by atoms with E-state index in [9.17, 15) is 9.59 Å². The molecule has 0 spiro atoms. The fraction of sp³-hybridized carbons (Fsp3) is 0.381. The van der Waals surface area contributed by atoms with Crippen LogP contribution in [0.4, 0.5) is 0 Å². The molecule has 1 aromatic carbocycles. The first-order chi connectivity index (χ1) is 12.6. The molecule has 2 amide bonds. The Labute approximate surface area is 153 Å². The summed E-state index contributed by atoms with van der Waals surface area (Å²) in [6.07, 6.45) is 4.21. The number of benzene rings is 1. The summed E-state index contributed by atoms with van der Waals surface area (Å²) >= 11 is 0. The zero-order valence-corrected chi connectivity index (χ0v) is 14.9. The average molecular weight is 349 g/mol. The van der Waals surface area contributed by atoms with Crippen molar-refractivity contribution in [3.63, 3.8) is 0 Å². The molecular formula is C21H23N3O2. The number of amides is 2. The van der Waals surface area contributed by atoms with Crippen LogP contribution in [0.25, 0.3) is 0 Å². The predicted molar refractivity (Wildman–Crippen MR) is 98.8 cm³/mol. The van der Waals surface area contributed by atoms with Gasteiger partial charge < -0.3 is 10.2 Å². The van der Waals surface area contributed by atoms with Gasteiger partial charge in [0, 0.05) is 31.0 Å². The monoisotopic (exact) mass is 349 g/mol. The number of hydrogen-bond donors (Lipinski definition) is 1. The Hall–Kier alpha value is -2.69. The van der Waals surface area contributed by atoms with Crippen molar-refractivity contribution in [1.82, 2.24) is 15.2 Å². The van der Waals surface area contributed by atoms with Crippen molar-refractivity contribution < 1.29 is 9.59 Å². The van der Waals surface area contributed by atoms with Gasteiger partial charge in [0.25, 0.3) is 5.91 Å². The summed E-state index contributed by atoms with van der Waals surface area (Å²) in [6, 6.07) is 13.7. The Bertz CT molecular complexity index is 813. The first-order valence-electron chi connectivity index (χ1n) is 9.17. The molecule has 1 aliphatic heterocycles. The highest BCUT2D eigenvalue weighted by atomic mass is 16.2. The molecule has 2 heterocycles. The van der Waals surface area contributed by atoms with E-state index >= 15 is 0 Å². The Morgan fingerprint density at radius 1 is 1.15 bits per heavy atom. The van der Waals surface area contributed by atoms with Crippen LogP contribution in [-0.4, -0.2) is 40.8 Å². The number of carbonyl (C=O) groups excluding carboxylic acids is 2. The first kappa shape index (κ1) is 16.8. The second-order valence-corrected chi connectivity index (χ2v) is 7.35. The number of nitrogens with zero attached hydrogens (tertiary/aromatic N) is 2. The first-order valence-corrected chi connectivity index (χ1v) is 9.17. The van der Waals surface area contributed by atoms with Gasteiger partial charge >= 0.3 is 0 Å². The molecule has 1 N–H and O–H groups in total. The third-order valence-electron chi connectivity index (χ3n) is 5.48. The average Bonchev–Trinajstić information content (AvgIpc) is 3.36. The van der Waals surface area contributed by atoms with Crippen LogP contribution < -0.4 is 5.32 Å². The molecule has 2 aromatic rings. The molecule has 0 radical (unpaired) electrons. The van der Waals surface area contributed by atoms with Crippen LogP contribution >= 0.6 is 0 Å². The summed E-state index contributed by atoms with van der Waals surface area (Å²) in [7, 11) is 0. The normalized spacial score (nSPS) is 20.7. The number of pyridine rings is 1. The minimum Gasteiger partial charge on any atom is -0.351 e. The van der Waals surface area contributed by atoms with Crippen LogP contribution in [0.2, 0.25) is 0 Å². The number of rotatable bonds is 4. The van der Waals surface area contributed by atoms with Crippen molar-refractivity contribution >= 4 is 11.8 Å². The van der Waals surface area contributed by atoms with Gasteiger partial charge in [0.05, 0.1) is 11.0 Å². The van der Waals surface area contributed by atoms with Crippen molar-refractivity contribution in [2.24, 2.45) is 0 Å². The summed E-state index contributed by atoms with van der Waals surface area (Å²) in [5, 5.41) is 3.18. The molecule has 0 unspecified atom stereocenters. The highest BCUT2D eigenvalue weighted by molar-refractivity contribution is 5.94. The van der Waals surface area contributed by atoms with E-state index in [2.05, 4.69) is 10.3 Å². The molecule has 134 valence electrons. The third-order valence-corrected chi connectivity index (χ3v) is 5.48. The second-order valence-electron chi connectivity index (χ2n) is 7.35. The fourth-order valence-electron chi connectivity index (χ4n) is 3.69. The largest absolute Gasteiger partial charge is 0.351 e. The molecule has 2 aliphatic rings. The SMILES string of the molecule is Cc1ccc(C(=O)N2CC[C@@H](NC(=O)C3(c4ccccc4)CC3)C2)cn1. The number of likely N-dealkylation sites (tertiary alicyclic amines) is 1. The zero-order chi connectivity index (χ0) is 18.1. The molecule has 5 heteroatoms. The van der Waals surface area contributed by atoms with Gasteiger partial charge in [0.15, 0.2) is 0 Å². The van der Waals surface area contributed by atoms with E-state index in [1.807, 2.05) is 49.4 Å². The molecule has 1 aromatic heterocycles. The summed E-state index contributed by atoms with van der Waals surface area (Å²) in [6.45, 7) is 3.12. The van der Waals surface area contributed by atoms with E-state index in [1.165, 1.54) is 0 Å². The summed E-state index contributed by atoms with van der Waals surface area (Å²) < 4.78 is 0. The standard InChI is InChI=1S/C21H23N3O2/c1-15-7-8-16(13-22-15)19(25)24-12-9-18(14-24)23-20(26)21(10-11-21)17-5-3-2-4-6-17/h2-8,13,18H,9-12,14H2,1H3,(H,23,26)/t18-/m1/s1. The summed E-state index contributed by atoms with van der Waals surface area (Å²) in [5.74, 6) is 0.0819. The van der Waals surface area contributed by atoms with Gasteiger partial charge in [-0.25, -0.2) is 0 Å². The maximum atomic E-state index is 12.8. The topological polar surface area (TPSA) is 62.3 Å². The number of nitrogens with one attached hydrogen (secondary N) is 1. The molecule has 2 fully saturated rings. The maximum Gasteiger partial charge on any atom is 0.255 e. The number of carbonyl (C=O) groups is 2. The van der Waals surface area contributed by atoms with Gasteiger partial charge in [-0.1, -0.05) is 30.3 Å². The Morgan fingerprint density at radius 2 is 1.92 bits per heavy atom. The van der Waals surface area contributed by atoms with Crippen LogP contribution in [0.3, 0.4) is 0 Å². The van der Waals surface area contributed by atoms with Crippen LogP contribution in [-0.2, 0) is 10.2 Å². The highest BCUT2D eigenvalue weighted by Gasteiger charge is 2.51. The van der Waals surface area contributed by atoms with Crippen molar-refractivity contribution in [2.45, 2.75) is 37.6 Å². The molecule has 5 nitrogen and oxygen atoms in total. The minimum atomic E-state index is -0.362. The minimum absolute atomic E-state index is 0.0153. The lowest BCUT2D eigenvalue weighted by Crippen LogP contribution is -2.43. The predicted octanol–water partition coefficient (Wildman–Crippen LogP) is 2.45. The maximum absolute atomic E-state index is 12.8. The summed E-state index contributed by atoms with van der Waals surface area (Å²) in [4.78, 5) is 31.4. The van der Waals surface area contributed by atoms with E-state index in [1.54, 1.807) is 11.1 Å². The Balaban J connectivity index is 1.38. The third kappa shape index (κ3) is 3.09. The lowest BCUT2D eigenvalue weighted by Gasteiger charge is -2.20. The van der Waals surface area contributed by atoms with Crippen molar-refractivity contribution in [3.05, 3.63) is 65.5 Å². The van der Waals surface area contributed by atoms with Gasteiger partial charge in [0.2, 0.25) is 5.91 Å². The van der Waals surface area contributed by atoms with E-state index < -0.39 is 0 Å². The van der Waals surface area contributed by atoms with Crippen LogP contribution in [0.15, 0.2) is 48.7 Å². The van der Waals surface area contributed by atoms with Crippen molar-refractivity contribution in [2.75, 3.05) is 13.1 Å². The molecule has 1 saturated carbocycles. The molecule has 0 bridgehead atoms. The van der Waals surface area contributed by atoms with Gasteiger partial charge in [0.1, 0.15) is 0 Å². The van der Waals surface area contributed by atoms with Gasteiger partial charge in [-0.2, -0.15) is 0 Å². The quantitative estimate of drug-likeness (QED) is 0.922. The smallest absolute Gasteiger partial charge is 0.255 e. The number of aromatic nitrogens is 1. The second kappa shape index (κ2) is 6.56.